The molecule has 0 aliphatic carbocycles. The monoisotopic (exact) mass is 376 g/mol. The topological polar surface area (TPSA) is 92.2 Å². The van der Waals surface area contributed by atoms with Gasteiger partial charge in [-0.2, -0.15) is 5.10 Å². The van der Waals surface area contributed by atoms with E-state index in [1.807, 2.05) is 48.5 Å². The lowest BCUT2D eigenvalue weighted by Crippen LogP contribution is -2.34. The van der Waals surface area contributed by atoms with Crippen LogP contribution in [0.15, 0.2) is 59.8 Å². The second-order valence-electron chi connectivity index (χ2n) is 5.87. The number of benzene rings is 2. The molecule has 0 bridgehead atoms. The number of hydrazone groups is 1. The van der Waals surface area contributed by atoms with Gasteiger partial charge in [-0.3, -0.25) is 9.78 Å². The van der Waals surface area contributed by atoms with Crippen LogP contribution in [0, 0.1) is 0 Å². The Kier molecular flexibility index (Phi) is 4.71. The van der Waals surface area contributed by atoms with E-state index in [9.17, 15) is 4.79 Å². The van der Waals surface area contributed by atoms with Gasteiger partial charge in [-0.05, 0) is 31.2 Å². The molecule has 2 heterocycles. The summed E-state index contributed by atoms with van der Waals surface area (Å²) in [6.45, 7) is 1.76. The molecule has 1 atom stereocenters. The van der Waals surface area contributed by atoms with Gasteiger partial charge in [0.05, 0.1) is 33.7 Å². The van der Waals surface area contributed by atoms with Crippen LogP contribution in [-0.2, 0) is 4.79 Å². The second kappa shape index (κ2) is 7.46. The van der Waals surface area contributed by atoms with Gasteiger partial charge >= 0.3 is 0 Å². The highest BCUT2D eigenvalue weighted by Crippen LogP contribution is 2.25. The Bertz CT molecular complexity index is 1110. The Morgan fingerprint density at radius 3 is 2.63 bits per heavy atom. The summed E-state index contributed by atoms with van der Waals surface area (Å²) in [6, 6.07) is 14.9. The maximum Gasteiger partial charge on any atom is 0.262 e. The minimum Gasteiger partial charge on any atom is -0.350 e. The molecule has 8 heteroatoms. The summed E-state index contributed by atoms with van der Waals surface area (Å²) in [5.74, 6) is -0.265. The molecule has 0 radical (unpaired) electrons. The lowest BCUT2D eigenvalue weighted by atomic mass is 10.3. The fraction of sp³-hybridized carbons (Fsp3) is 0.105. The Morgan fingerprint density at radius 1 is 1.07 bits per heavy atom. The fourth-order valence-corrected chi connectivity index (χ4v) is 3.43. The van der Waals surface area contributed by atoms with Crippen LogP contribution in [0.1, 0.15) is 12.6 Å². The van der Waals surface area contributed by atoms with Crippen LogP contribution in [0.3, 0.4) is 0 Å². The highest BCUT2D eigenvalue weighted by atomic mass is 32.1. The Hall–Kier alpha value is -3.39. The number of para-hydroxylation sites is 3. The zero-order valence-corrected chi connectivity index (χ0v) is 15.3. The van der Waals surface area contributed by atoms with E-state index in [0.29, 0.717) is 10.8 Å². The van der Waals surface area contributed by atoms with Gasteiger partial charge < -0.3 is 5.32 Å². The third-order valence-electron chi connectivity index (χ3n) is 3.87. The van der Waals surface area contributed by atoms with Crippen molar-refractivity contribution >= 4 is 49.8 Å². The van der Waals surface area contributed by atoms with Crippen molar-refractivity contribution < 1.29 is 4.79 Å². The van der Waals surface area contributed by atoms with Gasteiger partial charge in [-0.15, -0.1) is 0 Å². The van der Waals surface area contributed by atoms with Crippen LogP contribution in [0.25, 0.3) is 21.3 Å². The van der Waals surface area contributed by atoms with E-state index in [4.69, 9.17) is 0 Å². The lowest BCUT2D eigenvalue weighted by Gasteiger charge is -2.10. The standard InChI is InChI=1S/C19H16N6OS/c1-12(22-19-24-16-8-4-5-9-17(16)27-19)18(26)25-21-11-13-10-20-14-6-2-3-7-15(14)23-13/h2-12H,1H3,(H,22,24)(H,25,26)/b21-11-/t12-/m0/s1. The number of nitrogens with zero attached hydrogens (tertiary/aromatic N) is 4. The Morgan fingerprint density at radius 2 is 1.81 bits per heavy atom. The van der Waals surface area contributed by atoms with E-state index in [1.165, 1.54) is 17.6 Å². The maximum atomic E-state index is 12.2. The number of aromatic nitrogens is 3. The van der Waals surface area contributed by atoms with Gasteiger partial charge in [0.2, 0.25) is 0 Å². The molecule has 7 nitrogen and oxygen atoms in total. The first-order valence-corrected chi connectivity index (χ1v) is 9.17. The van der Waals surface area contributed by atoms with Crippen LogP contribution in [0.5, 0.6) is 0 Å². The molecule has 0 saturated carbocycles. The minimum atomic E-state index is -0.481. The molecule has 0 spiro atoms. The van der Waals surface area contributed by atoms with E-state index >= 15 is 0 Å². The van der Waals surface area contributed by atoms with Crippen LogP contribution in [0.2, 0.25) is 0 Å². The first kappa shape index (κ1) is 17.0. The van der Waals surface area contributed by atoms with Gasteiger partial charge in [-0.25, -0.2) is 15.4 Å². The summed E-state index contributed by atoms with van der Waals surface area (Å²) in [6.07, 6.45) is 3.09. The molecule has 1 amide bonds. The lowest BCUT2D eigenvalue weighted by molar-refractivity contribution is -0.121. The number of carbonyl (C=O) groups is 1. The van der Waals surface area contributed by atoms with Crippen molar-refractivity contribution in [3.63, 3.8) is 0 Å². The SMILES string of the molecule is C[C@H](Nc1nc2ccccc2s1)C(=O)N/N=C\c1cnc2ccccc2n1. The van der Waals surface area contributed by atoms with E-state index < -0.39 is 6.04 Å². The van der Waals surface area contributed by atoms with E-state index in [0.717, 1.165) is 21.3 Å². The summed E-state index contributed by atoms with van der Waals surface area (Å²) in [7, 11) is 0. The van der Waals surface area contributed by atoms with Crippen molar-refractivity contribution in [3.8, 4) is 0 Å². The molecule has 0 aliphatic rings. The molecular weight excluding hydrogens is 360 g/mol. The van der Waals surface area contributed by atoms with Crippen molar-refractivity contribution in [2.24, 2.45) is 5.10 Å². The summed E-state index contributed by atoms with van der Waals surface area (Å²) in [5.41, 5.74) is 5.58. The number of hydrogen-bond acceptors (Lipinski definition) is 7. The molecular formula is C19H16N6OS. The average Bonchev–Trinajstić information content (AvgIpc) is 3.10. The molecule has 0 aliphatic heterocycles. The average molecular weight is 376 g/mol. The zero-order valence-electron chi connectivity index (χ0n) is 14.5. The number of thiazole rings is 1. The van der Waals surface area contributed by atoms with Crippen LogP contribution in [-0.4, -0.2) is 33.1 Å². The summed E-state index contributed by atoms with van der Waals surface area (Å²) in [5, 5.41) is 7.76. The number of nitrogens with one attached hydrogen (secondary N) is 2. The molecule has 2 N–H and O–H groups in total. The third kappa shape index (κ3) is 3.90. The zero-order chi connectivity index (χ0) is 18.6. The van der Waals surface area contributed by atoms with Crippen LogP contribution < -0.4 is 10.7 Å². The molecule has 0 saturated heterocycles. The highest BCUT2D eigenvalue weighted by Gasteiger charge is 2.14. The van der Waals surface area contributed by atoms with Crippen molar-refractivity contribution in [3.05, 3.63) is 60.4 Å². The van der Waals surface area contributed by atoms with Crippen molar-refractivity contribution in [1.82, 2.24) is 20.4 Å². The molecule has 2 aromatic carbocycles. The van der Waals surface area contributed by atoms with Gasteiger partial charge in [0.15, 0.2) is 5.13 Å². The quantitative estimate of drug-likeness (QED) is 0.412. The van der Waals surface area contributed by atoms with Gasteiger partial charge in [0.1, 0.15) is 11.7 Å². The summed E-state index contributed by atoms with van der Waals surface area (Å²) >= 11 is 1.51. The second-order valence-corrected chi connectivity index (χ2v) is 6.90. The van der Waals surface area contributed by atoms with Crippen molar-refractivity contribution in [1.29, 1.82) is 0 Å². The Labute approximate surface area is 159 Å². The number of rotatable bonds is 5. The van der Waals surface area contributed by atoms with Crippen molar-refractivity contribution in [2.45, 2.75) is 13.0 Å². The minimum absolute atomic E-state index is 0.265. The van der Waals surface area contributed by atoms with Crippen LogP contribution in [0.4, 0.5) is 5.13 Å². The number of anilines is 1. The smallest absolute Gasteiger partial charge is 0.262 e. The molecule has 27 heavy (non-hydrogen) atoms. The first-order valence-electron chi connectivity index (χ1n) is 8.36. The molecule has 0 fully saturated rings. The molecule has 4 aromatic rings. The normalized spacial score (nSPS) is 12.5. The van der Waals surface area contributed by atoms with E-state index in [2.05, 4.69) is 30.8 Å². The van der Waals surface area contributed by atoms with E-state index in [1.54, 1.807) is 13.1 Å². The number of carbonyl (C=O) groups excluding carboxylic acids is 1. The number of amides is 1. The molecule has 4 rings (SSSR count). The predicted molar refractivity (Wildman–Crippen MR) is 108 cm³/mol. The molecule has 0 unspecified atom stereocenters. The van der Waals surface area contributed by atoms with Gasteiger partial charge in [-0.1, -0.05) is 35.6 Å². The van der Waals surface area contributed by atoms with Gasteiger partial charge in [0.25, 0.3) is 5.91 Å². The summed E-state index contributed by atoms with van der Waals surface area (Å²) < 4.78 is 1.07. The van der Waals surface area contributed by atoms with Crippen molar-refractivity contribution in [2.75, 3.05) is 5.32 Å². The first-order chi connectivity index (χ1) is 13.2. The molecule has 2 aromatic heterocycles. The van der Waals surface area contributed by atoms with Gasteiger partial charge in [0, 0.05) is 0 Å². The summed E-state index contributed by atoms with van der Waals surface area (Å²) in [4.78, 5) is 25.4. The van der Waals surface area contributed by atoms with E-state index in [-0.39, 0.29) is 5.91 Å². The predicted octanol–water partition coefficient (Wildman–Crippen LogP) is 3.19. The number of fused-ring (bicyclic) bond motifs is 2. The largest absolute Gasteiger partial charge is 0.350 e. The molecule has 134 valence electrons. The fourth-order valence-electron chi connectivity index (χ4n) is 2.48. The maximum absolute atomic E-state index is 12.2. The Balaban J connectivity index is 1.38. The highest BCUT2D eigenvalue weighted by molar-refractivity contribution is 7.22. The number of hydrogen-bond donors (Lipinski definition) is 2. The third-order valence-corrected chi connectivity index (χ3v) is 4.83. The van der Waals surface area contributed by atoms with Crippen LogP contribution >= 0.6 is 11.3 Å².